The molecule has 1 atom stereocenters. The summed E-state index contributed by atoms with van der Waals surface area (Å²) in [6.07, 6.45) is 9.35. The van der Waals surface area contributed by atoms with E-state index >= 15 is 0 Å². The number of rotatable bonds is 3. The van der Waals surface area contributed by atoms with Gasteiger partial charge in [-0.05, 0) is 32.2 Å². The molecule has 1 unspecified atom stereocenters. The van der Waals surface area contributed by atoms with Crippen LogP contribution in [0.1, 0.15) is 51.4 Å². The molecule has 0 bridgehead atoms. The summed E-state index contributed by atoms with van der Waals surface area (Å²) in [7, 11) is 0. The van der Waals surface area contributed by atoms with Gasteiger partial charge in [-0.1, -0.05) is 25.7 Å². The van der Waals surface area contributed by atoms with E-state index in [1.807, 2.05) is 0 Å². The second-order valence-corrected chi connectivity index (χ2v) is 5.22. The highest BCUT2D eigenvalue weighted by molar-refractivity contribution is 5.67. The van der Waals surface area contributed by atoms with Crippen molar-refractivity contribution in [1.29, 1.82) is 0 Å². The topological polar surface area (TPSA) is 50.4 Å². The Morgan fingerprint density at radius 2 is 1.88 bits per heavy atom. The predicted octanol–water partition coefficient (Wildman–Crippen LogP) is 2.19. The van der Waals surface area contributed by atoms with Crippen LogP contribution >= 0.6 is 0 Å². The molecule has 2 aliphatic rings. The first-order chi connectivity index (χ1) is 8.34. The molecule has 4 nitrogen and oxygen atoms in total. The fourth-order valence-corrected chi connectivity index (χ4v) is 2.70. The summed E-state index contributed by atoms with van der Waals surface area (Å²) in [5, 5.41) is 6.34. The van der Waals surface area contributed by atoms with E-state index in [1.165, 1.54) is 32.1 Å². The maximum Gasteiger partial charge on any atom is 0.407 e. The van der Waals surface area contributed by atoms with Crippen molar-refractivity contribution in [1.82, 2.24) is 10.6 Å². The SMILES string of the molecule is O=C(NC1CCCCC1)OCC1CCCCN1. The van der Waals surface area contributed by atoms with Crippen LogP contribution in [-0.4, -0.2) is 31.3 Å². The first-order valence-corrected chi connectivity index (χ1v) is 7.01. The van der Waals surface area contributed by atoms with Crippen LogP contribution in [0.25, 0.3) is 0 Å². The number of amides is 1. The lowest BCUT2D eigenvalue weighted by Gasteiger charge is -2.25. The summed E-state index contributed by atoms with van der Waals surface area (Å²) in [6.45, 7) is 1.57. The van der Waals surface area contributed by atoms with Crippen molar-refractivity contribution in [3.63, 3.8) is 0 Å². The van der Waals surface area contributed by atoms with Crippen molar-refractivity contribution in [3.05, 3.63) is 0 Å². The van der Waals surface area contributed by atoms with Crippen molar-refractivity contribution >= 4 is 6.09 Å². The number of hydrogen-bond donors (Lipinski definition) is 2. The minimum atomic E-state index is -0.232. The Morgan fingerprint density at radius 1 is 1.12 bits per heavy atom. The molecule has 2 fully saturated rings. The average Bonchev–Trinajstić information content (AvgIpc) is 2.39. The normalized spacial score (nSPS) is 26.5. The molecule has 1 amide bonds. The highest BCUT2D eigenvalue weighted by atomic mass is 16.5. The minimum Gasteiger partial charge on any atom is -0.448 e. The van der Waals surface area contributed by atoms with Crippen molar-refractivity contribution in [2.45, 2.75) is 63.5 Å². The van der Waals surface area contributed by atoms with Gasteiger partial charge in [-0.25, -0.2) is 4.79 Å². The summed E-state index contributed by atoms with van der Waals surface area (Å²) in [5.74, 6) is 0. The van der Waals surface area contributed by atoms with Gasteiger partial charge in [0.2, 0.25) is 0 Å². The third kappa shape index (κ3) is 4.54. The largest absolute Gasteiger partial charge is 0.448 e. The first kappa shape index (κ1) is 12.7. The third-order valence-electron chi connectivity index (χ3n) is 3.76. The second-order valence-electron chi connectivity index (χ2n) is 5.22. The molecule has 1 aliphatic heterocycles. The molecule has 98 valence electrons. The fourth-order valence-electron chi connectivity index (χ4n) is 2.70. The van der Waals surface area contributed by atoms with Crippen molar-refractivity contribution in [2.24, 2.45) is 0 Å². The van der Waals surface area contributed by atoms with E-state index in [0.717, 1.165) is 25.8 Å². The van der Waals surface area contributed by atoms with Gasteiger partial charge in [-0.2, -0.15) is 0 Å². The summed E-state index contributed by atoms with van der Waals surface area (Å²) < 4.78 is 5.27. The lowest BCUT2D eigenvalue weighted by molar-refractivity contribution is 0.122. The van der Waals surface area contributed by atoms with Crippen LogP contribution in [0, 0.1) is 0 Å². The van der Waals surface area contributed by atoms with Gasteiger partial charge in [0.05, 0.1) is 0 Å². The average molecular weight is 240 g/mol. The second kappa shape index (κ2) is 6.84. The number of ether oxygens (including phenoxy) is 1. The molecule has 2 rings (SSSR count). The quantitative estimate of drug-likeness (QED) is 0.795. The van der Waals surface area contributed by atoms with Gasteiger partial charge in [0.1, 0.15) is 6.61 Å². The lowest BCUT2D eigenvalue weighted by atomic mass is 9.96. The van der Waals surface area contributed by atoms with Crippen LogP contribution in [-0.2, 0) is 4.74 Å². The van der Waals surface area contributed by atoms with Crippen LogP contribution in [0.3, 0.4) is 0 Å². The van der Waals surface area contributed by atoms with Crippen LogP contribution in [0.2, 0.25) is 0 Å². The molecule has 0 radical (unpaired) electrons. The van der Waals surface area contributed by atoms with Crippen molar-refractivity contribution < 1.29 is 9.53 Å². The molecule has 4 heteroatoms. The smallest absolute Gasteiger partial charge is 0.407 e. The number of alkyl carbamates (subject to hydrolysis) is 1. The van der Waals surface area contributed by atoms with E-state index in [2.05, 4.69) is 10.6 Å². The molecule has 1 aliphatic carbocycles. The fraction of sp³-hybridized carbons (Fsp3) is 0.923. The van der Waals surface area contributed by atoms with Crippen LogP contribution in [0.5, 0.6) is 0 Å². The van der Waals surface area contributed by atoms with E-state index in [9.17, 15) is 4.79 Å². The molecular weight excluding hydrogens is 216 g/mol. The zero-order valence-corrected chi connectivity index (χ0v) is 10.5. The summed E-state index contributed by atoms with van der Waals surface area (Å²) >= 11 is 0. The summed E-state index contributed by atoms with van der Waals surface area (Å²) in [4.78, 5) is 11.6. The van der Waals surface area contributed by atoms with Gasteiger partial charge in [-0.15, -0.1) is 0 Å². The van der Waals surface area contributed by atoms with E-state index in [0.29, 0.717) is 18.7 Å². The maximum absolute atomic E-state index is 11.6. The summed E-state index contributed by atoms with van der Waals surface area (Å²) in [5.41, 5.74) is 0. The van der Waals surface area contributed by atoms with Crippen molar-refractivity contribution in [2.75, 3.05) is 13.2 Å². The molecule has 0 spiro atoms. The number of carbonyl (C=O) groups excluding carboxylic acids is 1. The Morgan fingerprint density at radius 3 is 2.59 bits per heavy atom. The zero-order valence-electron chi connectivity index (χ0n) is 10.5. The molecule has 1 saturated carbocycles. The monoisotopic (exact) mass is 240 g/mol. The van der Waals surface area contributed by atoms with E-state index in [4.69, 9.17) is 4.74 Å². The first-order valence-electron chi connectivity index (χ1n) is 7.01. The third-order valence-corrected chi connectivity index (χ3v) is 3.76. The van der Waals surface area contributed by atoms with Gasteiger partial charge in [0.25, 0.3) is 0 Å². The Bertz CT molecular complexity index is 234. The molecular formula is C13H24N2O2. The van der Waals surface area contributed by atoms with Gasteiger partial charge in [-0.3, -0.25) is 0 Å². The van der Waals surface area contributed by atoms with Gasteiger partial charge >= 0.3 is 6.09 Å². The lowest BCUT2D eigenvalue weighted by Crippen LogP contribution is -2.41. The number of hydrogen-bond acceptors (Lipinski definition) is 3. The highest BCUT2D eigenvalue weighted by Gasteiger charge is 2.18. The molecule has 0 aromatic heterocycles. The Kier molecular flexibility index (Phi) is 5.10. The number of nitrogens with one attached hydrogen (secondary N) is 2. The summed E-state index contributed by atoms with van der Waals surface area (Å²) in [6, 6.07) is 0.705. The van der Waals surface area contributed by atoms with Crippen LogP contribution < -0.4 is 10.6 Å². The Balaban J connectivity index is 1.59. The molecule has 17 heavy (non-hydrogen) atoms. The van der Waals surface area contributed by atoms with Gasteiger partial charge < -0.3 is 15.4 Å². The van der Waals surface area contributed by atoms with Gasteiger partial charge in [0, 0.05) is 12.1 Å². The van der Waals surface area contributed by atoms with Crippen LogP contribution in [0.4, 0.5) is 4.79 Å². The molecule has 1 heterocycles. The molecule has 0 aromatic carbocycles. The van der Waals surface area contributed by atoms with E-state index in [1.54, 1.807) is 0 Å². The Hall–Kier alpha value is -0.770. The standard InChI is InChI=1S/C13H24N2O2/c16-13(15-11-6-2-1-3-7-11)17-10-12-8-4-5-9-14-12/h11-12,14H,1-10H2,(H,15,16). The van der Waals surface area contributed by atoms with Crippen LogP contribution in [0.15, 0.2) is 0 Å². The molecule has 0 aromatic rings. The Labute approximate surface area is 103 Å². The van der Waals surface area contributed by atoms with Gasteiger partial charge in [0.15, 0.2) is 0 Å². The zero-order chi connectivity index (χ0) is 11.9. The number of piperidine rings is 1. The highest BCUT2D eigenvalue weighted by Crippen LogP contribution is 2.17. The number of carbonyl (C=O) groups is 1. The van der Waals surface area contributed by atoms with E-state index in [-0.39, 0.29) is 6.09 Å². The molecule has 2 N–H and O–H groups in total. The predicted molar refractivity (Wildman–Crippen MR) is 67.0 cm³/mol. The van der Waals surface area contributed by atoms with Crippen molar-refractivity contribution in [3.8, 4) is 0 Å². The molecule has 1 saturated heterocycles. The minimum absolute atomic E-state index is 0.232. The maximum atomic E-state index is 11.6. The van der Waals surface area contributed by atoms with E-state index < -0.39 is 0 Å².